The van der Waals surface area contributed by atoms with E-state index in [-0.39, 0.29) is 11.8 Å². The molecule has 0 aliphatic carbocycles. The molecule has 1 rings (SSSR count). The highest BCUT2D eigenvalue weighted by Crippen LogP contribution is 2.16. The van der Waals surface area contributed by atoms with Crippen molar-refractivity contribution in [1.82, 2.24) is 10.0 Å². The molecule has 0 saturated heterocycles. The molecule has 6 heteroatoms. The number of nitrogens with one attached hydrogen (secondary N) is 2. The molecular weight excluding hydrogens is 256 g/mol. The number of rotatable bonds is 7. The first-order chi connectivity index (χ1) is 7.91. The lowest BCUT2D eigenvalue weighted by Crippen LogP contribution is -2.35. The zero-order valence-corrected chi connectivity index (χ0v) is 12.1. The van der Waals surface area contributed by atoms with Crippen molar-refractivity contribution in [3.05, 3.63) is 22.4 Å². The Morgan fingerprint density at radius 2 is 2.06 bits per heavy atom. The fraction of sp³-hybridized carbons (Fsp3) is 0.636. The van der Waals surface area contributed by atoms with Crippen LogP contribution in [0.5, 0.6) is 0 Å². The molecule has 0 aromatic carbocycles. The molecule has 0 radical (unpaired) electrons. The van der Waals surface area contributed by atoms with Crippen molar-refractivity contribution >= 4 is 21.4 Å². The molecule has 17 heavy (non-hydrogen) atoms. The molecular formula is C11H20N2O2S2. The first-order valence-corrected chi connectivity index (χ1v) is 8.25. The molecule has 1 aromatic heterocycles. The van der Waals surface area contributed by atoms with Crippen molar-refractivity contribution in [1.29, 1.82) is 0 Å². The van der Waals surface area contributed by atoms with Gasteiger partial charge in [-0.3, -0.25) is 0 Å². The maximum atomic E-state index is 11.8. The molecule has 0 spiro atoms. The van der Waals surface area contributed by atoms with Gasteiger partial charge in [0.25, 0.3) is 0 Å². The monoisotopic (exact) mass is 276 g/mol. The molecule has 0 saturated carbocycles. The van der Waals surface area contributed by atoms with Gasteiger partial charge in [-0.15, -0.1) is 0 Å². The zero-order chi connectivity index (χ0) is 12.9. The minimum absolute atomic E-state index is 0.111. The van der Waals surface area contributed by atoms with Crippen molar-refractivity contribution in [2.75, 3.05) is 12.3 Å². The lowest BCUT2D eigenvalue weighted by Gasteiger charge is -2.14. The van der Waals surface area contributed by atoms with Gasteiger partial charge in [-0.1, -0.05) is 13.8 Å². The summed E-state index contributed by atoms with van der Waals surface area (Å²) in [6.45, 7) is 6.32. The third-order valence-electron chi connectivity index (χ3n) is 2.32. The molecule has 1 heterocycles. The molecule has 0 aliphatic heterocycles. The molecule has 98 valence electrons. The van der Waals surface area contributed by atoms with E-state index in [0.29, 0.717) is 12.6 Å². The van der Waals surface area contributed by atoms with E-state index in [1.807, 2.05) is 37.6 Å². The highest BCUT2D eigenvalue weighted by molar-refractivity contribution is 7.89. The van der Waals surface area contributed by atoms with Crippen LogP contribution < -0.4 is 10.0 Å². The Bertz CT molecular complexity index is 413. The summed E-state index contributed by atoms with van der Waals surface area (Å²) in [5, 5.41) is 7.00. The van der Waals surface area contributed by atoms with Gasteiger partial charge in [0.1, 0.15) is 0 Å². The van der Waals surface area contributed by atoms with Gasteiger partial charge >= 0.3 is 0 Å². The summed E-state index contributed by atoms with van der Waals surface area (Å²) in [4.78, 5) is 0. The largest absolute Gasteiger partial charge is 0.313 e. The molecule has 1 unspecified atom stereocenters. The molecule has 4 nitrogen and oxygen atoms in total. The summed E-state index contributed by atoms with van der Waals surface area (Å²) in [5.41, 5.74) is 1.01. The fourth-order valence-corrected chi connectivity index (χ4v) is 3.33. The first kappa shape index (κ1) is 14.6. The van der Waals surface area contributed by atoms with Crippen molar-refractivity contribution in [3.8, 4) is 0 Å². The van der Waals surface area contributed by atoms with Gasteiger partial charge in [0, 0.05) is 18.6 Å². The summed E-state index contributed by atoms with van der Waals surface area (Å²) >= 11 is 1.57. The van der Waals surface area contributed by atoms with Crippen LogP contribution in [0.3, 0.4) is 0 Å². The fourth-order valence-electron chi connectivity index (χ4n) is 1.40. The summed E-state index contributed by atoms with van der Waals surface area (Å²) in [6, 6.07) is 2.08. The second-order valence-corrected chi connectivity index (χ2v) is 6.98. The SMILES string of the molecule is CC(C)NCCS(=O)(=O)NC(C)c1ccsc1. The van der Waals surface area contributed by atoms with Gasteiger partial charge in [0.15, 0.2) is 0 Å². The maximum Gasteiger partial charge on any atom is 0.213 e. The van der Waals surface area contributed by atoms with Crippen LogP contribution in [0.2, 0.25) is 0 Å². The minimum Gasteiger partial charge on any atom is -0.313 e. The van der Waals surface area contributed by atoms with E-state index in [0.717, 1.165) is 5.56 Å². The Morgan fingerprint density at radius 1 is 1.35 bits per heavy atom. The van der Waals surface area contributed by atoms with E-state index in [1.54, 1.807) is 11.3 Å². The maximum absolute atomic E-state index is 11.8. The molecule has 0 aliphatic rings. The highest BCUT2D eigenvalue weighted by Gasteiger charge is 2.15. The molecule has 1 atom stereocenters. The van der Waals surface area contributed by atoms with Crippen molar-refractivity contribution in [3.63, 3.8) is 0 Å². The van der Waals surface area contributed by atoms with Gasteiger partial charge in [-0.05, 0) is 29.3 Å². The van der Waals surface area contributed by atoms with Crippen molar-refractivity contribution in [2.45, 2.75) is 32.9 Å². The molecule has 1 aromatic rings. The van der Waals surface area contributed by atoms with Crippen LogP contribution in [-0.4, -0.2) is 26.8 Å². The second-order valence-electron chi connectivity index (χ2n) is 4.32. The smallest absolute Gasteiger partial charge is 0.213 e. The van der Waals surface area contributed by atoms with Crippen molar-refractivity contribution in [2.24, 2.45) is 0 Å². The van der Waals surface area contributed by atoms with E-state index in [1.165, 1.54) is 0 Å². The van der Waals surface area contributed by atoms with Crippen LogP contribution in [0.25, 0.3) is 0 Å². The zero-order valence-electron chi connectivity index (χ0n) is 10.4. The average molecular weight is 276 g/mol. The lowest BCUT2D eigenvalue weighted by molar-refractivity contribution is 0.555. The molecule has 0 fully saturated rings. The summed E-state index contributed by atoms with van der Waals surface area (Å²) in [5.74, 6) is 0.111. The summed E-state index contributed by atoms with van der Waals surface area (Å²) in [7, 11) is -3.21. The number of hydrogen-bond acceptors (Lipinski definition) is 4. The van der Waals surface area contributed by atoms with Gasteiger partial charge in [0.05, 0.1) is 5.75 Å². The lowest BCUT2D eigenvalue weighted by atomic mass is 10.2. The average Bonchev–Trinajstić information content (AvgIpc) is 2.68. The Hall–Kier alpha value is -0.430. The van der Waals surface area contributed by atoms with Crippen LogP contribution in [0.15, 0.2) is 16.8 Å². The highest BCUT2D eigenvalue weighted by atomic mass is 32.2. The predicted molar refractivity (Wildman–Crippen MR) is 72.8 cm³/mol. The van der Waals surface area contributed by atoms with E-state index in [9.17, 15) is 8.42 Å². The van der Waals surface area contributed by atoms with Crippen molar-refractivity contribution < 1.29 is 8.42 Å². The first-order valence-electron chi connectivity index (χ1n) is 5.66. The van der Waals surface area contributed by atoms with E-state index >= 15 is 0 Å². The number of sulfonamides is 1. The van der Waals surface area contributed by atoms with Gasteiger partial charge in [-0.2, -0.15) is 11.3 Å². The van der Waals surface area contributed by atoms with Gasteiger partial charge in [0.2, 0.25) is 10.0 Å². The minimum atomic E-state index is -3.21. The third-order valence-corrected chi connectivity index (χ3v) is 4.48. The van der Waals surface area contributed by atoms with E-state index in [2.05, 4.69) is 10.0 Å². The topological polar surface area (TPSA) is 58.2 Å². The Morgan fingerprint density at radius 3 is 2.59 bits per heavy atom. The Kier molecular flexibility index (Phi) is 5.58. The number of thiophene rings is 1. The summed E-state index contributed by atoms with van der Waals surface area (Å²) in [6.07, 6.45) is 0. The van der Waals surface area contributed by atoms with Crippen LogP contribution in [0.1, 0.15) is 32.4 Å². The Labute approximate surface area is 107 Å². The molecule has 2 N–H and O–H groups in total. The second kappa shape index (κ2) is 6.49. The van der Waals surface area contributed by atoms with Crippen LogP contribution in [0.4, 0.5) is 0 Å². The summed E-state index contributed by atoms with van der Waals surface area (Å²) < 4.78 is 26.2. The van der Waals surface area contributed by atoms with Crippen LogP contribution in [0, 0.1) is 0 Å². The van der Waals surface area contributed by atoms with Crippen LogP contribution >= 0.6 is 11.3 Å². The molecule has 0 amide bonds. The normalized spacial score (nSPS) is 14.1. The van der Waals surface area contributed by atoms with Gasteiger partial charge in [-0.25, -0.2) is 13.1 Å². The van der Waals surface area contributed by atoms with Gasteiger partial charge < -0.3 is 5.32 Å². The quantitative estimate of drug-likeness (QED) is 0.797. The Balaban J connectivity index is 2.44. The van der Waals surface area contributed by atoms with E-state index in [4.69, 9.17) is 0 Å². The molecule has 0 bridgehead atoms. The van der Waals surface area contributed by atoms with E-state index < -0.39 is 10.0 Å². The van der Waals surface area contributed by atoms with Crippen LogP contribution in [-0.2, 0) is 10.0 Å². The number of hydrogen-bond donors (Lipinski definition) is 2. The predicted octanol–water partition coefficient (Wildman–Crippen LogP) is 1.73. The third kappa shape index (κ3) is 5.63. The standard InChI is InChI=1S/C11H20N2O2S2/c1-9(2)12-5-7-17(14,15)13-10(3)11-4-6-16-8-11/h4,6,8-10,12-13H,5,7H2,1-3H3.